The van der Waals surface area contributed by atoms with Crippen LogP contribution in [0.25, 0.3) is 6.08 Å². The van der Waals surface area contributed by atoms with E-state index in [1.165, 1.54) is 6.08 Å². The van der Waals surface area contributed by atoms with Crippen LogP contribution in [0.3, 0.4) is 0 Å². The lowest BCUT2D eigenvalue weighted by Gasteiger charge is -2.31. The number of nitrogens with zero attached hydrogens (tertiary/aromatic N) is 1. The zero-order valence-electron chi connectivity index (χ0n) is 12.0. The summed E-state index contributed by atoms with van der Waals surface area (Å²) in [5, 5.41) is 3.87. The highest BCUT2D eigenvalue weighted by atomic mass is 35.5. The maximum absolute atomic E-state index is 11.9. The molecule has 1 N–H and O–H groups in total. The number of likely N-dealkylation sites (tertiary alicyclic amines) is 1. The number of hydrogen-bond donors (Lipinski definition) is 1. The Morgan fingerprint density at radius 3 is 2.71 bits per heavy atom. The number of thiocarbonyl (C=S) groups is 1. The van der Waals surface area contributed by atoms with Gasteiger partial charge in [-0.3, -0.25) is 10.1 Å². The first-order chi connectivity index (χ1) is 10.1. The van der Waals surface area contributed by atoms with E-state index in [0.717, 1.165) is 37.4 Å². The molecule has 1 aromatic carbocycles. The summed E-state index contributed by atoms with van der Waals surface area (Å²) in [6.45, 7) is 4.06. The summed E-state index contributed by atoms with van der Waals surface area (Å²) in [4.78, 5) is 13.9. The van der Waals surface area contributed by atoms with Crippen molar-refractivity contribution in [2.24, 2.45) is 5.92 Å². The second kappa shape index (κ2) is 7.57. The average Bonchev–Trinajstić information content (AvgIpc) is 2.47. The molecule has 0 atom stereocenters. The Bertz CT molecular complexity index is 551. The van der Waals surface area contributed by atoms with Gasteiger partial charge in [-0.25, -0.2) is 0 Å². The number of piperidine rings is 1. The number of hydrogen-bond acceptors (Lipinski definition) is 2. The Balaban J connectivity index is 1.87. The average molecular weight is 323 g/mol. The molecule has 112 valence electrons. The third-order valence-corrected chi connectivity index (χ3v) is 4.32. The molecule has 1 amide bonds. The van der Waals surface area contributed by atoms with E-state index in [9.17, 15) is 4.79 Å². The van der Waals surface area contributed by atoms with Crippen molar-refractivity contribution in [3.8, 4) is 0 Å². The Hall–Kier alpha value is -1.39. The fraction of sp³-hybridized carbons (Fsp3) is 0.375. The largest absolute Gasteiger partial charge is 0.349 e. The van der Waals surface area contributed by atoms with Crippen molar-refractivity contribution in [2.45, 2.75) is 19.8 Å². The van der Waals surface area contributed by atoms with Crippen molar-refractivity contribution in [3.05, 3.63) is 40.9 Å². The highest BCUT2D eigenvalue weighted by Crippen LogP contribution is 2.17. The normalized spacial score (nSPS) is 16.2. The summed E-state index contributed by atoms with van der Waals surface area (Å²) in [5.41, 5.74) is 0.812. The molecule has 1 aliphatic rings. The van der Waals surface area contributed by atoms with Gasteiger partial charge in [-0.15, -0.1) is 0 Å². The van der Waals surface area contributed by atoms with Crippen molar-refractivity contribution >= 4 is 40.9 Å². The van der Waals surface area contributed by atoms with Crippen molar-refractivity contribution < 1.29 is 4.79 Å². The lowest BCUT2D eigenvalue weighted by Crippen LogP contribution is -2.45. The minimum atomic E-state index is -0.224. The van der Waals surface area contributed by atoms with Crippen LogP contribution in [0.2, 0.25) is 5.02 Å². The molecule has 1 saturated heterocycles. The third kappa shape index (κ3) is 4.83. The number of amides is 1. The van der Waals surface area contributed by atoms with Crippen LogP contribution in [-0.2, 0) is 4.79 Å². The molecule has 0 bridgehead atoms. The van der Waals surface area contributed by atoms with E-state index in [1.807, 2.05) is 18.2 Å². The van der Waals surface area contributed by atoms with Crippen LogP contribution >= 0.6 is 23.8 Å². The number of benzene rings is 1. The van der Waals surface area contributed by atoms with Crippen LogP contribution in [0, 0.1) is 5.92 Å². The van der Waals surface area contributed by atoms with E-state index in [0.29, 0.717) is 10.1 Å². The quantitative estimate of drug-likeness (QED) is 0.668. The van der Waals surface area contributed by atoms with E-state index in [-0.39, 0.29) is 5.91 Å². The predicted molar refractivity (Wildman–Crippen MR) is 91.2 cm³/mol. The molecule has 0 radical (unpaired) electrons. The van der Waals surface area contributed by atoms with Gasteiger partial charge in [0.25, 0.3) is 0 Å². The van der Waals surface area contributed by atoms with Gasteiger partial charge in [0.15, 0.2) is 5.11 Å². The van der Waals surface area contributed by atoms with Gasteiger partial charge in [0, 0.05) is 24.2 Å². The van der Waals surface area contributed by atoms with E-state index < -0.39 is 0 Å². The maximum Gasteiger partial charge on any atom is 0.250 e. The fourth-order valence-corrected chi connectivity index (χ4v) is 2.70. The van der Waals surface area contributed by atoms with Gasteiger partial charge in [0.2, 0.25) is 5.91 Å². The molecule has 0 saturated carbocycles. The van der Waals surface area contributed by atoms with E-state index in [4.69, 9.17) is 23.8 Å². The first-order valence-electron chi connectivity index (χ1n) is 7.09. The molecular formula is C16H19ClN2OS. The van der Waals surface area contributed by atoms with Crippen LogP contribution < -0.4 is 5.32 Å². The summed E-state index contributed by atoms with van der Waals surface area (Å²) in [6, 6.07) is 7.38. The van der Waals surface area contributed by atoms with Crippen LogP contribution in [-0.4, -0.2) is 29.0 Å². The van der Waals surface area contributed by atoms with Crippen LogP contribution in [0.15, 0.2) is 30.3 Å². The first-order valence-corrected chi connectivity index (χ1v) is 7.87. The summed E-state index contributed by atoms with van der Waals surface area (Å²) in [7, 11) is 0. The fourth-order valence-electron chi connectivity index (χ4n) is 2.21. The third-order valence-electron chi connectivity index (χ3n) is 3.62. The standard InChI is InChI=1S/C16H19ClN2OS/c1-12-8-10-19(11-9-12)16(21)18-15(20)7-6-13-4-2-3-5-14(13)17/h2-7,12H,8-11H2,1H3,(H,18,20,21). The van der Waals surface area contributed by atoms with Gasteiger partial charge in [-0.1, -0.05) is 36.7 Å². The highest BCUT2D eigenvalue weighted by Gasteiger charge is 2.18. The van der Waals surface area contributed by atoms with E-state index in [1.54, 1.807) is 12.1 Å². The molecule has 0 spiro atoms. The zero-order chi connectivity index (χ0) is 15.2. The minimum Gasteiger partial charge on any atom is -0.349 e. The number of nitrogens with one attached hydrogen (secondary N) is 1. The van der Waals surface area contributed by atoms with Crippen molar-refractivity contribution in [2.75, 3.05) is 13.1 Å². The Labute approximate surface area is 136 Å². The molecule has 0 unspecified atom stereocenters. The van der Waals surface area contributed by atoms with Crippen molar-refractivity contribution in [1.82, 2.24) is 10.2 Å². The molecule has 1 aliphatic heterocycles. The summed E-state index contributed by atoms with van der Waals surface area (Å²) in [5.74, 6) is 0.512. The zero-order valence-corrected chi connectivity index (χ0v) is 13.6. The topological polar surface area (TPSA) is 32.3 Å². The molecule has 1 heterocycles. The molecule has 1 fully saturated rings. The van der Waals surface area contributed by atoms with Crippen LogP contribution in [0.1, 0.15) is 25.3 Å². The van der Waals surface area contributed by atoms with Gasteiger partial charge in [-0.05, 0) is 48.7 Å². The molecule has 3 nitrogen and oxygen atoms in total. The Morgan fingerprint density at radius 1 is 1.38 bits per heavy atom. The van der Waals surface area contributed by atoms with Crippen molar-refractivity contribution in [1.29, 1.82) is 0 Å². The molecule has 5 heteroatoms. The predicted octanol–water partition coefficient (Wildman–Crippen LogP) is 3.49. The van der Waals surface area contributed by atoms with Gasteiger partial charge in [0.05, 0.1) is 0 Å². The Kier molecular flexibility index (Phi) is 5.76. The number of carbonyl (C=O) groups excluding carboxylic acids is 1. The van der Waals surface area contributed by atoms with E-state index in [2.05, 4.69) is 17.1 Å². The molecular weight excluding hydrogens is 304 g/mol. The molecule has 0 aliphatic carbocycles. The summed E-state index contributed by atoms with van der Waals surface area (Å²) in [6.07, 6.45) is 5.38. The lowest BCUT2D eigenvalue weighted by atomic mass is 10.00. The molecule has 2 rings (SSSR count). The van der Waals surface area contributed by atoms with Gasteiger partial charge >= 0.3 is 0 Å². The molecule has 21 heavy (non-hydrogen) atoms. The summed E-state index contributed by atoms with van der Waals surface area (Å²) < 4.78 is 0. The summed E-state index contributed by atoms with van der Waals surface area (Å²) >= 11 is 11.3. The van der Waals surface area contributed by atoms with E-state index >= 15 is 0 Å². The monoisotopic (exact) mass is 322 g/mol. The Morgan fingerprint density at radius 2 is 2.05 bits per heavy atom. The molecule has 0 aromatic heterocycles. The van der Waals surface area contributed by atoms with Gasteiger partial charge < -0.3 is 4.90 Å². The second-order valence-corrected chi connectivity index (χ2v) is 6.11. The smallest absolute Gasteiger partial charge is 0.250 e. The lowest BCUT2D eigenvalue weighted by molar-refractivity contribution is -0.115. The van der Waals surface area contributed by atoms with Gasteiger partial charge in [-0.2, -0.15) is 0 Å². The SMILES string of the molecule is CC1CCN(C(=S)NC(=O)C=Cc2ccccc2Cl)CC1. The number of carbonyl (C=O) groups is 1. The number of rotatable bonds is 2. The minimum absolute atomic E-state index is 0.224. The second-order valence-electron chi connectivity index (χ2n) is 5.32. The first kappa shape index (κ1) is 16.0. The van der Waals surface area contributed by atoms with Crippen LogP contribution in [0.5, 0.6) is 0 Å². The molecule has 1 aromatic rings. The van der Waals surface area contributed by atoms with Gasteiger partial charge in [0.1, 0.15) is 0 Å². The number of halogens is 1. The highest BCUT2D eigenvalue weighted by molar-refractivity contribution is 7.80. The van der Waals surface area contributed by atoms with Crippen molar-refractivity contribution in [3.63, 3.8) is 0 Å². The van der Waals surface area contributed by atoms with Crippen LogP contribution in [0.4, 0.5) is 0 Å². The maximum atomic E-state index is 11.9.